The lowest BCUT2D eigenvalue weighted by Gasteiger charge is -2.20. The average Bonchev–Trinajstić information content (AvgIpc) is 3.32. The van der Waals surface area contributed by atoms with Crippen LogP contribution >= 0.6 is 0 Å². The van der Waals surface area contributed by atoms with Crippen LogP contribution in [-0.2, 0) is 0 Å². The van der Waals surface area contributed by atoms with Gasteiger partial charge in [0.05, 0.1) is 6.04 Å². The number of ether oxygens (including phenoxy) is 1. The quantitative estimate of drug-likeness (QED) is 0.721. The molecular weight excluding hydrogens is 348 g/mol. The van der Waals surface area contributed by atoms with Crippen molar-refractivity contribution >= 4 is 5.91 Å². The molecule has 2 N–H and O–H groups in total. The molecule has 0 saturated carbocycles. The molecule has 4 heteroatoms. The maximum Gasteiger partial charge on any atom is 0.251 e. The van der Waals surface area contributed by atoms with Gasteiger partial charge in [0.1, 0.15) is 11.5 Å². The van der Waals surface area contributed by atoms with E-state index >= 15 is 0 Å². The minimum absolute atomic E-state index is 0.0429. The first-order chi connectivity index (χ1) is 13.8. The Balaban J connectivity index is 1.32. The van der Waals surface area contributed by atoms with Gasteiger partial charge in [0, 0.05) is 30.5 Å². The summed E-state index contributed by atoms with van der Waals surface area (Å²) in [5, 5.41) is 6.74. The summed E-state index contributed by atoms with van der Waals surface area (Å²) in [5.41, 5.74) is 3.28. The lowest BCUT2D eigenvalue weighted by Crippen LogP contribution is -2.33. The molecule has 1 aliphatic carbocycles. The minimum atomic E-state index is -0.0429. The summed E-state index contributed by atoms with van der Waals surface area (Å²) in [6, 6.07) is 25.5. The Morgan fingerprint density at radius 1 is 0.821 bits per heavy atom. The van der Waals surface area contributed by atoms with E-state index in [1.807, 2.05) is 54.6 Å². The highest BCUT2D eigenvalue weighted by atomic mass is 16.5. The van der Waals surface area contributed by atoms with Crippen LogP contribution in [0.1, 0.15) is 33.4 Å². The number of carbonyl (C=O) groups excluding carboxylic acids is 1. The van der Waals surface area contributed by atoms with E-state index in [1.54, 1.807) is 0 Å². The number of carbonyl (C=O) groups is 1. The molecule has 140 valence electrons. The molecule has 28 heavy (non-hydrogen) atoms. The predicted octanol–water partition coefficient (Wildman–Crippen LogP) is 4.27. The number of nitrogens with one attached hydrogen (secondary N) is 2. The first-order valence-corrected chi connectivity index (χ1v) is 9.73. The summed E-state index contributed by atoms with van der Waals surface area (Å²) in [6.45, 7) is 1.92. The van der Waals surface area contributed by atoms with Crippen LogP contribution in [0.25, 0.3) is 0 Å². The fourth-order valence-corrected chi connectivity index (χ4v) is 4.46. The van der Waals surface area contributed by atoms with E-state index in [4.69, 9.17) is 4.74 Å². The first-order valence-electron chi connectivity index (χ1n) is 9.73. The summed E-state index contributed by atoms with van der Waals surface area (Å²) in [6.07, 6.45) is 0. The van der Waals surface area contributed by atoms with Gasteiger partial charge in [-0.15, -0.1) is 0 Å². The van der Waals surface area contributed by atoms with Crippen molar-refractivity contribution in [3.63, 3.8) is 0 Å². The average molecular weight is 370 g/mol. The topological polar surface area (TPSA) is 50.4 Å². The molecule has 0 bridgehead atoms. The third-order valence-electron chi connectivity index (χ3n) is 5.80. The molecular formula is C24H22N2O2. The molecule has 0 radical (unpaired) electrons. The zero-order valence-corrected chi connectivity index (χ0v) is 15.5. The van der Waals surface area contributed by atoms with Crippen LogP contribution in [-0.4, -0.2) is 19.0 Å². The molecule has 2 aliphatic rings. The van der Waals surface area contributed by atoms with Crippen LogP contribution in [0, 0.1) is 5.92 Å². The first kappa shape index (κ1) is 17.0. The monoisotopic (exact) mass is 370 g/mol. The molecule has 0 aromatic heterocycles. The Kier molecular flexibility index (Phi) is 4.34. The van der Waals surface area contributed by atoms with Gasteiger partial charge in [-0.05, 0) is 47.5 Å². The van der Waals surface area contributed by atoms with E-state index in [0.717, 1.165) is 18.8 Å². The number of rotatable bonds is 4. The number of amides is 1. The van der Waals surface area contributed by atoms with E-state index in [2.05, 4.69) is 34.9 Å². The Bertz CT molecular complexity index is 985. The van der Waals surface area contributed by atoms with Crippen molar-refractivity contribution in [3.05, 3.63) is 95.6 Å². The second-order valence-electron chi connectivity index (χ2n) is 7.45. The fraction of sp³-hybridized carbons (Fsp3) is 0.208. The van der Waals surface area contributed by atoms with Crippen LogP contribution in [0.2, 0.25) is 0 Å². The number of hydrogen-bond donors (Lipinski definition) is 2. The maximum absolute atomic E-state index is 12.9. The molecule has 3 aromatic rings. The summed E-state index contributed by atoms with van der Waals surface area (Å²) < 4.78 is 5.81. The molecule has 3 aromatic carbocycles. The summed E-state index contributed by atoms with van der Waals surface area (Å²) >= 11 is 0. The smallest absolute Gasteiger partial charge is 0.251 e. The second-order valence-corrected chi connectivity index (χ2v) is 7.45. The zero-order chi connectivity index (χ0) is 18.9. The van der Waals surface area contributed by atoms with Crippen molar-refractivity contribution in [1.82, 2.24) is 10.6 Å². The van der Waals surface area contributed by atoms with E-state index in [1.165, 1.54) is 11.1 Å². The summed E-state index contributed by atoms with van der Waals surface area (Å²) in [4.78, 5) is 12.9. The van der Waals surface area contributed by atoms with Crippen LogP contribution in [0.3, 0.4) is 0 Å². The Morgan fingerprint density at radius 2 is 1.50 bits per heavy atom. The molecule has 1 aliphatic heterocycles. The molecule has 4 nitrogen and oxygen atoms in total. The van der Waals surface area contributed by atoms with Crippen LogP contribution in [0.5, 0.6) is 11.5 Å². The van der Waals surface area contributed by atoms with Crippen molar-refractivity contribution in [2.75, 3.05) is 13.1 Å². The zero-order valence-electron chi connectivity index (χ0n) is 15.5. The molecule has 0 unspecified atom stereocenters. The van der Waals surface area contributed by atoms with E-state index in [-0.39, 0.29) is 11.9 Å². The van der Waals surface area contributed by atoms with Gasteiger partial charge in [-0.3, -0.25) is 4.79 Å². The van der Waals surface area contributed by atoms with Gasteiger partial charge in [-0.25, -0.2) is 0 Å². The SMILES string of the molecule is O=C(N[C@@H]1c2ccccc2[C@@H]2CNC[C@H]12)c1ccc(Oc2ccccc2)cc1. The van der Waals surface area contributed by atoms with Gasteiger partial charge in [0.2, 0.25) is 0 Å². The summed E-state index contributed by atoms with van der Waals surface area (Å²) in [5.74, 6) is 2.36. The maximum atomic E-state index is 12.9. The Morgan fingerprint density at radius 3 is 2.29 bits per heavy atom. The second kappa shape index (κ2) is 7.13. The molecule has 1 amide bonds. The van der Waals surface area contributed by atoms with E-state index in [9.17, 15) is 4.79 Å². The molecule has 1 heterocycles. The Hall–Kier alpha value is -3.11. The molecule has 5 rings (SSSR count). The fourth-order valence-electron chi connectivity index (χ4n) is 4.46. The van der Waals surface area contributed by atoms with Gasteiger partial charge >= 0.3 is 0 Å². The highest BCUT2D eigenvalue weighted by Gasteiger charge is 2.43. The van der Waals surface area contributed by atoms with E-state index in [0.29, 0.717) is 23.1 Å². The van der Waals surface area contributed by atoms with Gasteiger partial charge in [0.15, 0.2) is 0 Å². The molecule has 1 fully saturated rings. The van der Waals surface area contributed by atoms with Crippen molar-refractivity contribution in [1.29, 1.82) is 0 Å². The standard InChI is InChI=1S/C24H22N2O2/c27-24(16-10-12-18(13-11-16)28-17-6-2-1-3-7-17)26-23-20-9-5-4-8-19(20)21-14-25-15-22(21)23/h1-13,21-23,25H,14-15H2,(H,26,27)/t21-,22-,23+/m0/s1. The third kappa shape index (κ3) is 3.06. The predicted molar refractivity (Wildman–Crippen MR) is 109 cm³/mol. The van der Waals surface area contributed by atoms with Crippen molar-refractivity contribution in [2.24, 2.45) is 5.92 Å². The van der Waals surface area contributed by atoms with Crippen molar-refractivity contribution in [2.45, 2.75) is 12.0 Å². The normalized spacial score (nSPS) is 22.4. The van der Waals surface area contributed by atoms with Gasteiger partial charge in [-0.2, -0.15) is 0 Å². The van der Waals surface area contributed by atoms with Crippen LogP contribution in [0.4, 0.5) is 0 Å². The van der Waals surface area contributed by atoms with Crippen molar-refractivity contribution in [3.8, 4) is 11.5 Å². The highest BCUT2D eigenvalue weighted by Crippen LogP contribution is 2.46. The number of hydrogen-bond acceptors (Lipinski definition) is 3. The molecule has 1 saturated heterocycles. The van der Waals surface area contributed by atoms with Gasteiger partial charge in [-0.1, -0.05) is 42.5 Å². The largest absolute Gasteiger partial charge is 0.457 e. The lowest BCUT2D eigenvalue weighted by atomic mass is 9.94. The van der Waals surface area contributed by atoms with Gasteiger partial charge < -0.3 is 15.4 Å². The number of benzene rings is 3. The van der Waals surface area contributed by atoms with Crippen LogP contribution < -0.4 is 15.4 Å². The highest BCUT2D eigenvalue weighted by molar-refractivity contribution is 5.94. The number of fused-ring (bicyclic) bond motifs is 3. The van der Waals surface area contributed by atoms with Crippen molar-refractivity contribution < 1.29 is 9.53 Å². The Labute approximate surface area is 164 Å². The number of para-hydroxylation sites is 1. The summed E-state index contributed by atoms with van der Waals surface area (Å²) in [7, 11) is 0. The lowest BCUT2D eigenvalue weighted by molar-refractivity contribution is 0.0926. The van der Waals surface area contributed by atoms with Crippen LogP contribution in [0.15, 0.2) is 78.9 Å². The molecule has 3 atom stereocenters. The minimum Gasteiger partial charge on any atom is -0.457 e. The molecule has 0 spiro atoms. The van der Waals surface area contributed by atoms with E-state index < -0.39 is 0 Å². The third-order valence-corrected chi connectivity index (χ3v) is 5.80. The van der Waals surface area contributed by atoms with Gasteiger partial charge in [0.25, 0.3) is 5.91 Å².